The molecule has 0 saturated carbocycles. The van der Waals surface area contributed by atoms with Crippen LogP contribution in [0.2, 0.25) is 0 Å². The molecule has 0 unspecified atom stereocenters. The van der Waals surface area contributed by atoms with Gasteiger partial charge in [-0.2, -0.15) is 0 Å². The minimum atomic E-state index is -2.55. The molecule has 9 aliphatic heterocycles. The van der Waals surface area contributed by atoms with Crippen LogP contribution in [-0.2, 0) is 99.7 Å². The molecule has 4 amide bonds. The van der Waals surface area contributed by atoms with Crippen LogP contribution < -0.4 is 21.3 Å². The van der Waals surface area contributed by atoms with Crippen LogP contribution in [0, 0.1) is 0 Å². The third-order valence-electron chi connectivity index (χ3n) is 20.3. The molecule has 642 valence electrons. The second-order valence-electron chi connectivity index (χ2n) is 28.2. The number of amides is 4. The summed E-state index contributed by atoms with van der Waals surface area (Å²) in [6.45, 7) is -3.36. The van der Waals surface area contributed by atoms with Gasteiger partial charge in [-0.15, -0.1) is 0 Å². The molecule has 9 aliphatic rings. The van der Waals surface area contributed by atoms with Gasteiger partial charge in [-0.3, -0.25) is 19.2 Å². The first kappa shape index (κ1) is 91.1. The number of carbonyl (C=O) groups excluding carboxylic acids is 4. The molecule has 0 aromatic rings. The molecule has 0 radical (unpaired) electrons. The minimum absolute atomic E-state index is 0.827. The smallest absolute Gasteiger partial charge is 0.217 e. The highest BCUT2D eigenvalue weighted by Gasteiger charge is 2.61. The van der Waals surface area contributed by atoms with E-state index in [9.17, 15) is 142 Å². The number of carbonyl (C=O) groups is 4. The van der Waals surface area contributed by atoms with E-state index >= 15 is 0 Å². The average molecular weight is 1630 g/mol. The average Bonchev–Trinajstić information content (AvgIpc) is 0.768. The van der Waals surface area contributed by atoms with Crippen LogP contribution in [0.1, 0.15) is 34.6 Å². The molecule has 9 heterocycles. The topological polar surface area (TPSA) is 759 Å². The minimum Gasteiger partial charge on any atom is -0.394 e. The third kappa shape index (κ3) is 20.3. The molecule has 0 aromatic carbocycles. The Balaban J connectivity index is 1.05. The molecule has 45 atom stereocenters. The third-order valence-corrected chi connectivity index (χ3v) is 20.3. The first-order chi connectivity index (χ1) is 52.4. The lowest BCUT2D eigenvalue weighted by Crippen LogP contribution is -2.71. The molecule has 0 bridgehead atoms. The zero-order valence-corrected chi connectivity index (χ0v) is 59.9. The molecule has 111 heavy (non-hydrogen) atoms. The van der Waals surface area contributed by atoms with Crippen molar-refractivity contribution in [2.45, 2.75) is 311 Å². The maximum absolute atomic E-state index is 13.2. The Morgan fingerprint density at radius 3 is 1.03 bits per heavy atom. The number of aliphatic hydroxyl groups excluding tert-OH is 24. The summed E-state index contributed by atoms with van der Waals surface area (Å²) >= 11 is 0. The first-order valence-corrected chi connectivity index (χ1v) is 35.5. The fourth-order valence-electron chi connectivity index (χ4n) is 14.3. The Bertz CT molecular complexity index is 2950. The predicted molar refractivity (Wildman–Crippen MR) is 342 cm³/mol. The highest BCUT2D eigenvalue weighted by atomic mass is 16.8. The summed E-state index contributed by atoms with van der Waals surface area (Å²) in [6.07, 6.45) is -83.2. The van der Waals surface area contributed by atoms with Gasteiger partial charge in [-0.1, -0.05) is 0 Å². The van der Waals surface area contributed by atoms with Crippen LogP contribution >= 0.6 is 0 Å². The lowest BCUT2D eigenvalue weighted by molar-refractivity contribution is -0.396. The number of nitrogens with one attached hydrogen (secondary N) is 4. The maximum Gasteiger partial charge on any atom is 0.217 e. The molecule has 9 saturated heterocycles. The standard InChI is InChI=1S/C62H104N4O45/c1-14-31(77)41(87)45(91)58(97-14)95-13-26-50(38(84)27(54(94)98-26)63-15(2)73)106-56-29(65-17(4)75)39(85)49(24(11-72)103-56)108-60-47(93)51(109-62-53(44(90)35(81)22(9-70)102-62)111-55-28(64-16(3)74)37(83)32(78)19(6-67)99-55)36(82)25(105-60)12-96-61-52(43(89)34(80)21(8-69)101-61)110-57-30(66-18(5)76)40(86)48(23(10-71)104-57)107-59-46(92)42(88)33(79)20(7-68)100-59/h14,19-62,67-72,77-94H,6-13H2,1-5H3,(H,63,73)(H,64,74)(H,65,75)(H,66,76)/t14-,19+,20+,21+,22+,23+,24+,25+,26+,27+,28-,29+,30+,31+,32+,33-,34+,35+,36+,37+,38+,39+,40+,41+,42-,43-,44-,45-,46+,47-,48+,49+,50+,51-,52-,53-,54+,55-,56-,57-,58+,59-,60+,61-,62+/m0/s1. The Morgan fingerprint density at radius 1 is 0.252 bits per heavy atom. The molecule has 49 nitrogen and oxygen atoms in total. The lowest BCUT2D eigenvalue weighted by Gasteiger charge is -2.51. The summed E-state index contributed by atoms with van der Waals surface area (Å²) in [7, 11) is 0. The Labute approximate surface area is 629 Å². The predicted octanol–water partition coefficient (Wildman–Crippen LogP) is -19.0. The van der Waals surface area contributed by atoms with Gasteiger partial charge < -0.3 is 224 Å². The van der Waals surface area contributed by atoms with Gasteiger partial charge in [0.05, 0.1) is 59.0 Å². The van der Waals surface area contributed by atoms with E-state index in [4.69, 9.17) is 80.5 Å². The van der Waals surface area contributed by atoms with Gasteiger partial charge in [-0.05, 0) is 6.92 Å². The molecule has 0 aromatic heterocycles. The number of ether oxygens (including phenoxy) is 17. The maximum atomic E-state index is 13.2. The largest absolute Gasteiger partial charge is 0.394 e. The van der Waals surface area contributed by atoms with E-state index in [2.05, 4.69) is 21.3 Å². The van der Waals surface area contributed by atoms with Gasteiger partial charge in [0.2, 0.25) is 23.6 Å². The number of hydrogen-bond donors (Lipinski definition) is 28. The SMILES string of the molecule is CC(=O)N[C@@H]1[C@H](O[C@@H]2[C@@H](O[C@@H]3[C@H](O)[C@@H](O[C@H]4[C@H](O)[C@@H](NC(C)=O)[C@H](O[C@H]5[C@H](O)[C@@H](NC(C)=O)[C@H](O)O[C@@H]5CO[C@@H]5O[C@@H](C)[C@@H](O)[C@@H](O)[C@@H]5O)O[C@@H]4CO)O[C@H](CO[C@H]4O[C@H](CO)[C@@H](O)[C@H](O)[C@@H]4O[C@@H]4O[C@H](CO)[C@@H](O[C@@H]5O[C@H](CO)[C@H](O)[C@H](O)[C@H]5O)[C@H](O)[C@H]4NC(C)=O)[C@H]3O)O[C@H](CO)[C@@H](O)[C@@H]2O)O[C@H](CO)[C@@H](O)[C@@H]1O. The molecule has 9 rings (SSSR count). The summed E-state index contributed by atoms with van der Waals surface area (Å²) in [5, 5.41) is 276. The lowest BCUT2D eigenvalue weighted by atomic mass is 9.93. The molecular formula is C62H104N4O45. The second kappa shape index (κ2) is 39.7. The van der Waals surface area contributed by atoms with E-state index in [0.29, 0.717) is 0 Å². The summed E-state index contributed by atoms with van der Waals surface area (Å²) < 4.78 is 101. The van der Waals surface area contributed by atoms with Crippen LogP contribution in [0.15, 0.2) is 0 Å². The number of rotatable bonds is 28. The number of aliphatic hydroxyl groups is 24. The van der Waals surface area contributed by atoms with Crippen molar-refractivity contribution in [1.29, 1.82) is 0 Å². The van der Waals surface area contributed by atoms with Crippen molar-refractivity contribution in [2.24, 2.45) is 0 Å². The van der Waals surface area contributed by atoms with Crippen LogP contribution in [0.4, 0.5) is 0 Å². The van der Waals surface area contributed by atoms with Crippen LogP contribution in [-0.4, -0.2) is 475 Å². The van der Waals surface area contributed by atoms with Gasteiger partial charge in [0.1, 0.15) is 213 Å². The Kier molecular flexibility index (Phi) is 32.6. The molecular weight excluding hydrogens is 1520 g/mol. The van der Waals surface area contributed by atoms with Crippen molar-refractivity contribution in [3.8, 4) is 0 Å². The van der Waals surface area contributed by atoms with Crippen molar-refractivity contribution < 1.29 is 222 Å². The summed E-state index contributed by atoms with van der Waals surface area (Å²) in [6, 6.07) is -7.39. The summed E-state index contributed by atoms with van der Waals surface area (Å²) in [5.74, 6) is -3.59. The molecule has 0 spiro atoms. The van der Waals surface area contributed by atoms with E-state index in [-0.39, 0.29) is 0 Å². The van der Waals surface area contributed by atoms with Gasteiger partial charge >= 0.3 is 0 Å². The highest BCUT2D eigenvalue weighted by molar-refractivity contribution is 5.74. The molecule has 28 N–H and O–H groups in total. The van der Waals surface area contributed by atoms with Crippen LogP contribution in [0.5, 0.6) is 0 Å². The second-order valence-corrected chi connectivity index (χ2v) is 28.2. The first-order valence-electron chi connectivity index (χ1n) is 35.5. The van der Waals surface area contributed by atoms with E-state index in [1.54, 1.807) is 0 Å². The molecule has 9 fully saturated rings. The van der Waals surface area contributed by atoms with E-state index in [1.807, 2.05) is 0 Å². The van der Waals surface area contributed by atoms with Crippen molar-refractivity contribution in [3.05, 3.63) is 0 Å². The van der Waals surface area contributed by atoms with Crippen LogP contribution in [0.25, 0.3) is 0 Å². The Morgan fingerprint density at radius 2 is 0.559 bits per heavy atom. The fraction of sp³-hybridized carbons (Fsp3) is 0.935. The summed E-state index contributed by atoms with van der Waals surface area (Å²) in [5.41, 5.74) is 0. The number of hydrogen-bond acceptors (Lipinski definition) is 45. The van der Waals surface area contributed by atoms with E-state index in [1.165, 1.54) is 6.92 Å². The quantitative estimate of drug-likeness (QED) is 0.0346. The van der Waals surface area contributed by atoms with Crippen molar-refractivity contribution in [3.63, 3.8) is 0 Å². The van der Waals surface area contributed by atoms with Crippen molar-refractivity contribution >= 4 is 23.6 Å². The summed E-state index contributed by atoms with van der Waals surface area (Å²) in [4.78, 5) is 50.9. The zero-order chi connectivity index (χ0) is 81.8. The Hall–Kier alpha value is -3.76. The van der Waals surface area contributed by atoms with Gasteiger partial charge in [0, 0.05) is 27.7 Å². The van der Waals surface area contributed by atoms with Crippen molar-refractivity contribution in [2.75, 3.05) is 52.9 Å². The normalized spacial score (nSPS) is 49.3. The molecule has 49 heteroatoms. The van der Waals surface area contributed by atoms with E-state index in [0.717, 1.165) is 27.7 Å². The van der Waals surface area contributed by atoms with Crippen molar-refractivity contribution in [1.82, 2.24) is 21.3 Å². The fourth-order valence-corrected chi connectivity index (χ4v) is 14.3. The van der Waals surface area contributed by atoms with Gasteiger partial charge in [0.25, 0.3) is 0 Å². The van der Waals surface area contributed by atoms with Gasteiger partial charge in [-0.25, -0.2) is 0 Å². The van der Waals surface area contributed by atoms with E-state index < -0.39 is 353 Å². The van der Waals surface area contributed by atoms with Gasteiger partial charge in [0.15, 0.2) is 56.6 Å². The zero-order valence-electron chi connectivity index (χ0n) is 59.9. The highest BCUT2D eigenvalue weighted by Crippen LogP contribution is 2.40. The molecule has 0 aliphatic carbocycles. The van der Waals surface area contributed by atoms with Crippen LogP contribution in [0.3, 0.4) is 0 Å². The monoisotopic (exact) mass is 1620 g/mol.